The Labute approximate surface area is 304 Å². The van der Waals surface area contributed by atoms with Crippen LogP contribution in [0.1, 0.15) is 0 Å². The van der Waals surface area contributed by atoms with E-state index in [0.29, 0.717) is 17.5 Å². The fourth-order valence-electron chi connectivity index (χ4n) is 7.05. The first kappa shape index (κ1) is 30.1. The Morgan fingerprint density at radius 2 is 0.962 bits per heavy atom. The SMILES string of the molecule is c1ccc(-c2nc(-c3ccccc3)nc(-c3cccc(-c4cccc(-n5c6ccccc6c6cccc(-c7nc8ccccc8s7)c65)c4)c3)n2)cc1. The lowest BCUT2D eigenvalue weighted by molar-refractivity contribution is 1.07. The highest BCUT2D eigenvalue weighted by Crippen LogP contribution is 2.41. The fraction of sp³-hybridized carbons (Fsp3) is 0. The van der Waals surface area contributed by atoms with Crippen molar-refractivity contribution in [2.75, 3.05) is 0 Å². The van der Waals surface area contributed by atoms with Gasteiger partial charge in [0, 0.05) is 38.7 Å². The minimum atomic E-state index is 0.633. The van der Waals surface area contributed by atoms with Gasteiger partial charge < -0.3 is 4.57 Å². The minimum absolute atomic E-state index is 0.633. The van der Waals surface area contributed by atoms with E-state index in [1.54, 1.807) is 11.3 Å². The highest BCUT2D eigenvalue weighted by Gasteiger charge is 2.19. The molecule has 0 aliphatic carbocycles. The topological polar surface area (TPSA) is 56.5 Å². The zero-order valence-electron chi connectivity index (χ0n) is 27.9. The predicted molar refractivity (Wildman–Crippen MR) is 215 cm³/mol. The van der Waals surface area contributed by atoms with Gasteiger partial charge in [-0.05, 0) is 53.6 Å². The van der Waals surface area contributed by atoms with Crippen LogP contribution in [0.5, 0.6) is 0 Å². The molecule has 52 heavy (non-hydrogen) atoms. The van der Waals surface area contributed by atoms with Crippen LogP contribution in [0, 0.1) is 0 Å². The molecule has 10 aromatic rings. The Hall–Kier alpha value is -6.76. The fourth-order valence-corrected chi connectivity index (χ4v) is 8.04. The number of thiazole rings is 1. The van der Waals surface area contributed by atoms with Crippen LogP contribution in [-0.4, -0.2) is 24.5 Å². The maximum Gasteiger partial charge on any atom is 0.164 e. The molecule has 0 saturated carbocycles. The molecule has 5 nitrogen and oxygen atoms in total. The van der Waals surface area contributed by atoms with Gasteiger partial charge in [0.1, 0.15) is 5.01 Å². The summed E-state index contributed by atoms with van der Waals surface area (Å²) in [5, 5.41) is 3.44. The van der Waals surface area contributed by atoms with E-state index in [1.807, 2.05) is 60.7 Å². The maximum absolute atomic E-state index is 5.08. The molecule has 0 bridgehead atoms. The van der Waals surface area contributed by atoms with Crippen molar-refractivity contribution >= 4 is 43.4 Å². The Kier molecular flexibility index (Phi) is 7.25. The summed E-state index contributed by atoms with van der Waals surface area (Å²) in [6.45, 7) is 0. The number of hydrogen-bond donors (Lipinski definition) is 0. The molecule has 0 N–H and O–H groups in total. The molecule has 3 aromatic heterocycles. The van der Waals surface area contributed by atoms with Gasteiger partial charge in [0.15, 0.2) is 17.5 Å². The van der Waals surface area contributed by atoms with Crippen molar-refractivity contribution in [2.45, 2.75) is 0 Å². The molecule has 0 fully saturated rings. The summed E-state index contributed by atoms with van der Waals surface area (Å²) < 4.78 is 3.58. The Bertz CT molecular complexity index is 2820. The molecule has 0 atom stereocenters. The van der Waals surface area contributed by atoms with Crippen molar-refractivity contribution in [1.82, 2.24) is 24.5 Å². The summed E-state index contributed by atoms with van der Waals surface area (Å²) in [4.78, 5) is 19.9. The molecule has 6 heteroatoms. The van der Waals surface area contributed by atoms with E-state index in [0.717, 1.165) is 60.6 Å². The summed E-state index contributed by atoms with van der Waals surface area (Å²) in [5.74, 6) is 1.92. The number of benzene rings is 7. The lowest BCUT2D eigenvalue weighted by Crippen LogP contribution is -2.00. The Morgan fingerprint density at radius 1 is 0.404 bits per heavy atom. The van der Waals surface area contributed by atoms with E-state index < -0.39 is 0 Å². The van der Waals surface area contributed by atoms with Crippen molar-refractivity contribution in [3.63, 3.8) is 0 Å². The van der Waals surface area contributed by atoms with E-state index in [2.05, 4.69) is 120 Å². The maximum atomic E-state index is 5.08. The molecule has 0 unspecified atom stereocenters. The molecule has 10 rings (SSSR count). The molecule has 0 radical (unpaired) electrons. The number of hydrogen-bond acceptors (Lipinski definition) is 5. The first-order chi connectivity index (χ1) is 25.8. The van der Waals surface area contributed by atoms with Crippen molar-refractivity contribution in [2.24, 2.45) is 0 Å². The van der Waals surface area contributed by atoms with E-state index in [4.69, 9.17) is 19.9 Å². The second kappa shape index (κ2) is 12.5. The number of aromatic nitrogens is 5. The molecule has 244 valence electrons. The number of para-hydroxylation sites is 3. The summed E-state index contributed by atoms with van der Waals surface area (Å²) >= 11 is 1.74. The standard InChI is InChI=1S/C46H29N5S/c1-3-14-30(15-4-1)43-48-44(31-16-5-2-6-17-31)50-45(49-43)34-20-11-18-32(28-34)33-19-12-21-35(29-33)51-40-26-9-7-22-36(40)37-23-13-24-38(42(37)51)46-47-39-25-8-10-27-41(39)52-46/h1-29H. The molecule has 0 spiro atoms. The third-order valence-electron chi connectivity index (χ3n) is 9.48. The van der Waals surface area contributed by atoms with Gasteiger partial charge in [-0.3, -0.25) is 0 Å². The largest absolute Gasteiger partial charge is 0.309 e. The number of nitrogens with zero attached hydrogens (tertiary/aromatic N) is 5. The highest BCUT2D eigenvalue weighted by atomic mass is 32.1. The van der Waals surface area contributed by atoms with Crippen LogP contribution in [0.3, 0.4) is 0 Å². The number of rotatable bonds is 6. The van der Waals surface area contributed by atoms with Crippen molar-refractivity contribution < 1.29 is 0 Å². The summed E-state index contributed by atoms with van der Waals surface area (Å²) in [5.41, 5.74) is 10.5. The van der Waals surface area contributed by atoms with Crippen molar-refractivity contribution in [3.05, 3.63) is 176 Å². The van der Waals surface area contributed by atoms with E-state index >= 15 is 0 Å². The third-order valence-corrected chi connectivity index (χ3v) is 10.5. The summed E-state index contributed by atoms with van der Waals surface area (Å²) in [6, 6.07) is 61.0. The highest BCUT2D eigenvalue weighted by molar-refractivity contribution is 7.21. The second-order valence-electron chi connectivity index (χ2n) is 12.7. The minimum Gasteiger partial charge on any atom is -0.309 e. The van der Waals surface area contributed by atoms with Gasteiger partial charge in [0.05, 0.1) is 21.3 Å². The molecular weight excluding hydrogens is 655 g/mol. The summed E-state index contributed by atoms with van der Waals surface area (Å²) in [7, 11) is 0. The van der Waals surface area contributed by atoms with E-state index in [1.165, 1.54) is 15.5 Å². The first-order valence-corrected chi connectivity index (χ1v) is 18.0. The predicted octanol–water partition coefficient (Wildman–Crippen LogP) is 11.9. The van der Waals surface area contributed by atoms with Crippen LogP contribution >= 0.6 is 11.3 Å². The second-order valence-corrected chi connectivity index (χ2v) is 13.7. The average Bonchev–Trinajstić information content (AvgIpc) is 3.81. The lowest BCUT2D eigenvalue weighted by atomic mass is 10.0. The Morgan fingerprint density at radius 3 is 1.71 bits per heavy atom. The van der Waals surface area contributed by atoms with Crippen LogP contribution in [0.15, 0.2) is 176 Å². The molecule has 0 aliphatic rings. The van der Waals surface area contributed by atoms with Crippen LogP contribution in [0.25, 0.3) is 93.6 Å². The quantitative estimate of drug-likeness (QED) is 0.175. The first-order valence-electron chi connectivity index (χ1n) is 17.2. The zero-order chi connectivity index (χ0) is 34.4. The molecular formula is C46H29N5S. The van der Waals surface area contributed by atoms with Gasteiger partial charge in [0.2, 0.25) is 0 Å². The molecule has 0 saturated heterocycles. The zero-order valence-corrected chi connectivity index (χ0v) is 28.7. The Balaban J connectivity index is 1.12. The van der Waals surface area contributed by atoms with Crippen molar-refractivity contribution in [3.8, 4) is 61.5 Å². The smallest absolute Gasteiger partial charge is 0.164 e. The van der Waals surface area contributed by atoms with Crippen LogP contribution in [-0.2, 0) is 0 Å². The van der Waals surface area contributed by atoms with Crippen LogP contribution in [0.4, 0.5) is 0 Å². The van der Waals surface area contributed by atoms with E-state index in [-0.39, 0.29) is 0 Å². The molecule has 3 heterocycles. The van der Waals surface area contributed by atoms with Gasteiger partial charge in [-0.2, -0.15) is 0 Å². The van der Waals surface area contributed by atoms with Gasteiger partial charge in [-0.15, -0.1) is 11.3 Å². The van der Waals surface area contributed by atoms with Gasteiger partial charge in [-0.25, -0.2) is 19.9 Å². The average molecular weight is 684 g/mol. The van der Waals surface area contributed by atoms with Gasteiger partial charge in [-0.1, -0.05) is 133 Å². The van der Waals surface area contributed by atoms with Gasteiger partial charge >= 0.3 is 0 Å². The van der Waals surface area contributed by atoms with E-state index in [9.17, 15) is 0 Å². The number of fused-ring (bicyclic) bond motifs is 4. The molecule has 0 aliphatic heterocycles. The third kappa shape index (κ3) is 5.25. The molecule has 0 amide bonds. The van der Waals surface area contributed by atoms with Crippen molar-refractivity contribution in [1.29, 1.82) is 0 Å². The molecule has 7 aromatic carbocycles. The summed E-state index contributed by atoms with van der Waals surface area (Å²) in [6.07, 6.45) is 0. The van der Waals surface area contributed by atoms with Crippen LogP contribution < -0.4 is 0 Å². The monoisotopic (exact) mass is 683 g/mol. The normalized spacial score (nSPS) is 11.5. The van der Waals surface area contributed by atoms with Gasteiger partial charge in [0.25, 0.3) is 0 Å². The lowest BCUT2D eigenvalue weighted by Gasteiger charge is -2.13. The van der Waals surface area contributed by atoms with Crippen LogP contribution in [0.2, 0.25) is 0 Å².